The molecule has 1 unspecified atom stereocenters. The standard InChI is InChI=1S/C16H21Cl2NO2/c1-16(21-2)8-4-9-19(11-16)10-7-14(20)12-5-3-6-13(17)15(12)18/h3,5-6H,4,7-11H2,1-2H3. The molecule has 116 valence electrons. The van der Waals surface area contributed by atoms with E-state index >= 15 is 0 Å². The summed E-state index contributed by atoms with van der Waals surface area (Å²) < 4.78 is 5.57. The van der Waals surface area contributed by atoms with Crippen LogP contribution in [-0.2, 0) is 4.74 Å². The molecule has 1 atom stereocenters. The number of hydrogen-bond donors (Lipinski definition) is 0. The van der Waals surface area contributed by atoms with Gasteiger partial charge in [0, 0.05) is 32.2 Å². The molecule has 1 aliphatic rings. The number of piperidine rings is 1. The number of ketones is 1. The Hall–Kier alpha value is -0.610. The summed E-state index contributed by atoms with van der Waals surface area (Å²) in [6, 6.07) is 5.17. The van der Waals surface area contributed by atoms with E-state index in [2.05, 4.69) is 11.8 Å². The molecule has 1 heterocycles. The molecule has 21 heavy (non-hydrogen) atoms. The molecule has 2 rings (SSSR count). The lowest BCUT2D eigenvalue weighted by Crippen LogP contribution is -2.47. The maximum atomic E-state index is 12.3. The topological polar surface area (TPSA) is 29.5 Å². The number of Topliss-reactive ketones (excluding diaryl/α,β-unsaturated/α-hetero) is 1. The van der Waals surface area contributed by atoms with E-state index in [0.717, 1.165) is 32.5 Å². The molecule has 1 saturated heterocycles. The molecular weight excluding hydrogens is 309 g/mol. The molecule has 0 radical (unpaired) electrons. The summed E-state index contributed by atoms with van der Waals surface area (Å²) in [5, 5.41) is 0.775. The van der Waals surface area contributed by atoms with Crippen molar-refractivity contribution < 1.29 is 9.53 Å². The highest BCUT2D eigenvalue weighted by Gasteiger charge is 2.30. The van der Waals surface area contributed by atoms with E-state index in [1.165, 1.54) is 0 Å². The van der Waals surface area contributed by atoms with Crippen LogP contribution in [0.15, 0.2) is 18.2 Å². The van der Waals surface area contributed by atoms with Gasteiger partial charge in [0.05, 0.1) is 15.6 Å². The number of benzene rings is 1. The first-order valence-corrected chi connectivity index (χ1v) is 7.95. The summed E-state index contributed by atoms with van der Waals surface area (Å²) in [6.07, 6.45) is 2.60. The van der Waals surface area contributed by atoms with E-state index in [4.69, 9.17) is 27.9 Å². The zero-order valence-electron chi connectivity index (χ0n) is 12.5. The Bertz CT molecular complexity index is 521. The predicted molar refractivity (Wildman–Crippen MR) is 86.5 cm³/mol. The van der Waals surface area contributed by atoms with Gasteiger partial charge in [0.15, 0.2) is 5.78 Å². The minimum absolute atomic E-state index is 0.0344. The van der Waals surface area contributed by atoms with Crippen molar-refractivity contribution in [2.24, 2.45) is 0 Å². The van der Waals surface area contributed by atoms with Crippen LogP contribution in [0.4, 0.5) is 0 Å². The molecule has 0 saturated carbocycles. The van der Waals surface area contributed by atoms with Gasteiger partial charge in [-0.3, -0.25) is 4.79 Å². The highest BCUT2D eigenvalue weighted by Crippen LogP contribution is 2.27. The third-order valence-electron chi connectivity index (χ3n) is 4.14. The van der Waals surface area contributed by atoms with Gasteiger partial charge in [-0.15, -0.1) is 0 Å². The molecule has 0 aromatic heterocycles. The summed E-state index contributed by atoms with van der Waals surface area (Å²) in [5.41, 5.74) is 0.408. The van der Waals surface area contributed by atoms with E-state index in [-0.39, 0.29) is 11.4 Å². The lowest BCUT2D eigenvalue weighted by Gasteiger charge is -2.39. The van der Waals surface area contributed by atoms with E-state index in [1.807, 2.05) is 0 Å². The average Bonchev–Trinajstić information content (AvgIpc) is 2.48. The fourth-order valence-electron chi connectivity index (χ4n) is 2.78. The number of carbonyl (C=O) groups is 1. The Morgan fingerprint density at radius 1 is 1.43 bits per heavy atom. The smallest absolute Gasteiger partial charge is 0.165 e. The summed E-state index contributed by atoms with van der Waals surface area (Å²) in [7, 11) is 1.75. The van der Waals surface area contributed by atoms with Crippen LogP contribution in [0.3, 0.4) is 0 Å². The number of likely N-dealkylation sites (tertiary alicyclic amines) is 1. The fraction of sp³-hybridized carbons (Fsp3) is 0.562. The van der Waals surface area contributed by atoms with Crippen molar-refractivity contribution >= 4 is 29.0 Å². The van der Waals surface area contributed by atoms with Gasteiger partial charge in [0.2, 0.25) is 0 Å². The van der Waals surface area contributed by atoms with Gasteiger partial charge in [-0.05, 0) is 38.4 Å². The van der Waals surface area contributed by atoms with Crippen LogP contribution >= 0.6 is 23.2 Å². The molecule has 0 spiro atoms. The van der Waals surface area contributed by atoms with Crippen LogP contribution in [-0.4, -0.2) is 43.0 Å². The van der Waals surface area contributed by atoms with Gasteiger partial charge in [-0.2, -0.15) is 0 Å². The number of carbonyl (C=O) groups excluding carboxylic acids is 1. The van der Waals surface area contributed by atoms with Crippen LogP contribution in [0, 0.1) is 0 Å². The molecule has 0 aliphatic carbocycles. The van der Waals surface area contributed by atoms with E-state index < -0.39 is 0 Å². The number of methoxy groups -OCH3 is 1. The second-order valence-corrected chi connectivity index (χ2v) is 6.59. The molecule has 1 aromatic rings. The third kappa shape index (κ3) is 4.19. The molecule has 1 aromatic carbocycles. The molecule has 0 amide bonds. The number of hydrogen-bond acceptors (Lipinski definition) is 3. The number of halogens is 2. The average molecular weight is 330 g/mol. The van der Waals surface area contributed by atoms with Crippen LogP contribution < -0.4 is 0 Å². The molecule has 0 bridgehead atoms. The molecular formula is C16H21Cl2NO2. The van der Waals surface area contributed by atoms with Crippen molar-refractivity contribution in [1.29, 1.82) is 0 Å². The lowest BCUT2D eigenvalue weighted by atomic mass is 9.94. The second kappa shape index (κ2) is 7.10. The van der Waals surface area contributed by atoms with Crippen LogP contribution in [0.25, 0.3) is 0 Å². The Kier molecular flexibility index (Phi) is 5.67. The van der Waals surface area contributed by atoms with Crippen molar-refractivity contribution in [2.45, 2.75) is 31.8 Å². The van der Waals surface area contributed by atoms with E-state index in [9.17, 15) is 4.79 Å². The zero-order chi connectivity index (χ0) is 15.5. The summed E-state index contributed by atoms with van der Waals surface area (Å²) in [4.78, 5) is 14.6. The van der Waals surface area contributed by atoms with E-state index in [0.29, 0.717) is 22.0 Å². The SMILES string of the molecule is COC1(C)CCCN(CCC(=O)c2cccc(Cl)c2Cl)C1. The van der Waals surface area contributed by atoms with Crippen molar-refractivity contribution in [3.63, 3.8) is 0 Å². The molecule has 5 heteroatoms. The van der Waals surface area contributed by atoms with Gasteiger partial charge in [0.1, 0.15) is 0 Å². The number of ether oxygens (including phenoxy) is 1. The highest BCUT2D eigenvalue weighted by atomic mass is 35.5. The number of rotatable bonds is 5. The maximum Gasteiger partial charge on any atom is 0.165 e. The van der Waals surface area contributed by atoms with E-state index in [1.54, 1.807) is 25.3 Å². The Labute approximate surface area is 136 Å². The quantitative estimate of drug-likeness (QED) is 0.762. The van der Waals surface area contributed by atoms with Crippen molar-refractivity contribution in [3.8, 4) is 0 Å². The minimum Gasteiger partial charge on any atom is -0.377 e. The first-order chi connectivity index (χ1) is 9.95. The Morgan fingerprint density at radius 2 is 2.19 bits per heavy atom. The summed E-state index contributed by atoms with van der Waals surface area (Å²) in [6.45, 7) is 4.71. The number of nitrogens with zero attached hydrogens (tertiary/aromatic N) is 1. The van der Waals surface area contributed by atoms with Crippen molar-refractivity contribution in [2.75, 3.05) is 26.7 Å². The first-order valence-electron chi connectivity index (χ1n) is 7.20. The molecule has 1 fully saturated rings. The van der Waals surface area contributed by atoms with Gasteiger partial charge >= 0.3 is 0 Å². The van der Waals surface area contributed by atoms with Gasteiger partial charge in [-0.25, -0.2) is 0 Å². The third-order valence-corrected chi connectivity index (χ3v) is 4.96. The monoisotopic (exact) mass is 329 g/mol. The van der Waals surface area contributed by atoms with Gasteiger partial charge in [-0.1, -0.05) is 29.3 Å². The van der Waals surface area contributed by atoms with Crippen LogP contribution in [0.1, 0.15) is 36.5 Å². The first kappa shape index (κ1) is 16.8. The Balaban J connectivity index is 1.94. The predicted octanol–water partition coefficient (Wildman–Crippen LogP) is 4.07. The molecule has 0 N–H and O–H groups in total. The Morgan fingerprint density at radius 3 is 2.90 bits per heavy atom. The molecule has 1 aliphatic heterocycles. The normalized spacial score (nSPS) is 23.2. The zero-order valence-corrected chi connectivity index (χ0v) is 14.0. The van der Waals surface area contributed by atoms with Crippen LogP contribution in [0.2, 0.25) is 10.0 Å². The summed E-state index contributed by atoms with van der Waals surface area (Å²) in [5.74, 6) is 0.0344. The van der Waals surface area contributed by atoms with Crippen molar-refractivity contribution in [1.82, 2.24) is 4.90 Å². The summed E-state index contributed by atoms with van der Waals surface area (Å²) >= 11 is 12.0. The van der Waals surface area contributed by atoms with Crippen molar-refractivity contribution in [3.05, 3.63) is 33.8 Å². The highest BCUT2D eigenvalue weighted by molar-refractivity contribution is 6.43. The largest absolute Gasteiger partial charge is 0.377 e. The van der Waals surface area contributed by atoms with Crippen LogP contribution in [0.5, 0.6) is 0 Å². The van der Waals surface area contributed by atoms with Gasteiger partial charge in [0.25, 0.3) is 0 Å². The minimum atomic E-state index is -0.102. The van der Waals surface area contributed by atoms with Gasteiger partial charge < -0.3 is 9.64 Å². The second-order valence-electron chi connectivity index (χ2n) is 5.81. The maximum absolute atomic E-state index is 12.3. The fourth-order valence-corrected chi connectivity index (χ4v) is 3.18. The molecule has 3 nitrogen and oxygen atoms in total. The lowest BCUT2D eigenvalue weighted by molar-refractivity contribution is -0.0503.